The number of piperidine rings is 1. The molecule has 5 aliphatic rings. The van der Waals surface area contributed by atoms with Crippen LogP contribution in [0.1, 0.15) is 59.3 Å². The van der Waals surface area contributed by atoms with E-state index in [4.69, 9.17) is 17.0 Å². The van der Waals surface area contributed by atoms with Crippen LogP contribution in [0, 0.1) is 29.1 Å². The first-order valence-electron chi connectivity index (χ1n) is 14.2. The summed E-state index contributed by atoms with van der Waals surface area (Å²) in [5, 5.41) is 20.5. The second-order valence-electron chi connectivity index (χ2n) is 12.3. The molecule has 4 aliphatic heterocycles. The number of alkyl halides is 1. The smallest absolute Gasteiger partial charge is 0.195 e. The van der Waals surface area contributed by atoms with Gasteiger partial charge in [0.1, 0.15) is 12.5 Å². The van der Waals surface area contributed by atoms with Gasteiger partial charge in [0, 0.05) is 39.3 Å². The maximum absolute atomic E-state index is 9.04. The number of nitrogens with one attached hydrogen (secondary N) is 4. The molecule has 200 valence electrons. The summed E-state index contributed by atoms with van der Waals surface area (Å²) in [7, 11) is 4.27. The molecule has 8 nitrogen and oxygen atoms in total. The summed E-state index contributed by atoms with van der Waals surface area (Å²) in [6.45, 7) is 11.2. The predicted octanol–water partition coefficient (Wildman–Crippen LogP) is 2.33. The Balaban J connectivity index is 1.24. The van der Waals surface area contributed by atoms with E-state index in [-0.39, 0.29) is 18.0 Å². The Hall–Kier alpha value is -0.640. The molecule has 7 unspecified atom stereocenters. The average Bonchev–Trinajstić information content (AvgIpc) is 3.33. The molecular formula is C26H49ClN8. The van der Waals surface area contributed by atoms with E-state index in [2.05, 4.69) is 70.4 Å². The van der Waals surface area contributed by atoms with Gasteiger partial charge in [0.15, 0.2) is 5.96 Å². The summed E-state index contributed by atoms with van der Waals surface area (Å²) >= 11 is 6.35. The second kappa shape index (κ2) is 10.6. The first-order valence-corrected chi connectivity index (χ1v) is 14.6. The molecule has 0 spiro atoms. The number of hydrogen-bond donors (Lipinski definition) is 4. The third-order valence-corrected chi connectivity index (χ3v) is 10.3. The molecule has 0 bridgehead atoms. The van der Waals surface area contributed by atoms with Crippen molar-refractivity contribution in [3.8, 4) is 0 Å². The van der Waals surface area contributed by atoms with E-state index in [9.17, 15) is 0 Å². The highest BCUT2D eigenvalue weighted by atomic mass is 35.5. The average molecular weight is 509 g/mol. The minimum Gasteiger partial charge on any atom is -0.338 e. The van der Waals surface area contributed by atoms with Crippen LogP contribution in [-0.4, -0.2) is 102 Å². The van der Waals surface area contributed by atoms with Gasteiger partial charge in [0.25, 0.3) is 0 Å². The quantitative estimate of drug-likeness (QED) is 0.335. The van der Waals surface area contributed by atoms with Crippen LogP contribution in [0.5, 0.6) is 0 Å². The lowest BCUT2D eigenvalue weighted by atomic mass is 9.71. The molecule has 5 rings (SSSR count). The van der Waals surface area contributed by atoms with Crippen LogP contribution in [0.4, 0.5) is 0 Å². The highest BCUT2D eigenvalue weighted by Crippen LogP contribution is 2.39. The number of rotatable bonds is 5. The lowest BCUT2D eigenvalue weighted by Gasteiger charge is -2.48. The SMILES string of the molecule is CC(C)C1CCCCC1C1NCC2C(N1)N([C@H](C)C1CCN(C3NC(Cl)CN3C)CC1)C(=N)N2C. The number of fused-ring (bicyclic) bond motifs is 1. The van der Waals surface area contributed by atoms with Crippen molar-refractivity contribution >= 4 is 17.6 Å². The van der Waals surface area contributed by atoms with Crippen molar-refractivity contribution in [2.45, 2.75) is 95.5 Å². The summed E-state index contributed by atoms with van der Waals surface area (Å²) in [6.07, 6.45) is 8.59. The Kier molecular flexibility index (Phi) is 7.88. The molecule has 0 aromatic heterocycles. The molecule has 0 aromatic carbocycles. The molecule has 9 heteroatoms. The normalized spacial score (nSPS) is 41.1. The zero-order chi connectivity index (χ0) is 24.9. The van der Waals surface area contributed by atoms with Crippen molar-refractivity contribution < 1.29 is 0 Å². The molecule has 4 saturated heterocycles. The molecule has 0 amide bonds. The lowest BCUT2D eigenvalue weighted by molar-refractivity contribution is 0.0201. The van der Waals surface area contributed by atoms with E-state index >= 15 is 0 Å². The Morgan fingerprint density at radius 1 is 1.00 bits per heavy atom. The fourth-order valence-electron chi connectivity index (χ4n) is 7.90. The van der Waals surface area contributed by atoms with Crippen LogP contribution in [-0.2, 0) is 0 Å². The summed E-state index contributed by atoms with van der Waals surface area (Å²) in [6, 6.07) is 0.676. The fraction of sp³-hybridized carbons (Fsp3) is 0.962. The van der Waals surface area contributed by atoms with Crippen molar-refractivity contribution in [2.24, 2.45) is 23.7 Å². The van der Waals surface area contributed by atoms with Gasteiger partial charge in [-0.15, -0.1) is 11.6 Å². The van der Waals surface area contributed by atoms with Gasteiger partial charge in [0.2, 0.25) is 0 Å². The molecule has 1 aliphatic carbocycles. The summed E-state index contributed by atoms with van der Waals surface area (Å²) in [5.74, 6) is 3.50. The minimum absolute atomic E-state index is 0.0394. The van der Waals surface area contributed by atoms with Crippen molar-refractivity contribution in [3.63, 3.8) is 0 Å². The number of likely N-dealkylation sites (N-methyl/N-ethyl adjacent to an activating group) is 2. The maximum atomic E-state index is 9.04. The minimum atomic E-state index is 0.0394. The Labute approximate surface area is 218 Å². The molecule has 5 fully saturated rings. The number of halogens is 1. The summed E-state index contributed by atoms with van der Waals surface area (Å²) < 4.78 is 0. The molecule has 1 saturated carbocycles. The van der Waals surface area contributed by atoms with Gasteiger partial charge in [0.05, 0.1) is 17.7 Å². The standard InChI is InChI=1S/C26H49ClN8/c1-16(2)19-8-6-7-9-20(19)23-29-14-21-24(31-23)35(25(28)33(21)5)17(3)18-10-12-34(13-11-18)26-30-22(27)15-32(26)4/h16-24,26,28-31H,6-15H2,1-5H3/t17-,19?,20?,21?,22?,23?,24?,26?/m1/s1. The zero-order valence-corrected chi connectivity index (χ0v) is 23.3. The van der Waals surface area contributed by atoms with Crippen LogP contribution in [0.3, 0.4) is 0 Å². The number of guanidine groups is 1. The van der Waals surface area contributed by atoms with Crippen LogP contribution >= 0.6 is 11.6 Å². The largest absolute Gasteiger partial charge is 0.338 e. The number of hydrogen-bond acceptors (Lipinski definition) is 6. The van der Waals surface area contributed by atoms with Gasteiger partial charge < -0.3 is 9.80 Å². The summed E-state index contributed by atoms with van der Waals surface area (Å²) in [5.41, 5.74) is 0.0394. The van der Waals surface area contributed by atoms with E-state index in [0.717, 1.165) is 38.0 Å². The first kappa shape index (κ1) is 26.0. The maximum Gasteiger partial charge on any atom is 0.195 e. The third kappa shape index (κ3) is 4.96. The third-order valence-electron chi connectivity index (χ3n) is 10.0. The van der Waals surface area contributed by atoms with E-state index < -0.39 is 0 Å². The van der Waals surface area contributed by atoms with Gasteiger partial charge in [-0.2, -0.15) is 0 Å². The molecule has 0 aromatic rings. The zero-order valence-electron chi connectivity index (χ0n) is 22.5. The van der Waals surface area contributed by atoms with Crippen LogP contribution in [0.15, 0.2) is 0 Å². The molecular weight excluding hydrogens is 460 g/mol. The Morgan fingerprint density at radius 2 is 1.71 bits per heavy atom. The van der Waals surface area contributed by atoms with Gasteiger partial charge in [-0.05, 0) is 63.3 Å². The summed E-state index contributed by atoms with van der Waals surface area (Å²) in [4.78, 5) is 9.50. The van der Waals surface area contributed by atoms with Gasteiger partial charge in [-0.25, -0.2) is 0 Å². The van der Waals surface area contributed by atoms with Crippen LogP contribution < -0.4 is 16.0 Å². The lowest BCUT2D eigenvalue weighted by Crippen LogP contribution is -2.68. The van der Waals surface area contributed by atoms with Gasteiger partial charge >= 0.3 is 0 Å². The molecule has 8 atom stereocenters. The van der Waals surface area contributed by atoms with Crippen LogP contribution in [0.25, 0.3) is 0 Å². The number of nitrogens with zero attached hydrogens (tertiary/aromatic N) is 4. The predicted molar refractivity (Wildman–Crippen MR) is 143 cm³/mol. The van der Waals surface area contributed by atoms with E-state index in [1.807, 2.05) is 0 Å². The van der Waals surface area contributed by atoms with E-state index in [1.54, 1.807) is 0 Å². The van der Waals surface area contributed by atoms with Gasteiger partial charge in [-0.3, -0.25) is 31.2 Å². The van der Waals surface area contributed by atoms with E-state index in [0.29, 0.717) is 36.0 Å². The topological polar surface area (TPSA) is 72.9 Å². The van der Waals surface area contributed by atoms with Crippen molar-refractivity contribution in [1.82, 2.24) is 35.6 Å². The second-order valence-corrected chi connectivity index (χ2v) is 12.9. The van der Waals surface area contributed by atoms with Crippen molar-refractivity contribution in [1.29, 1.82) is 5.41 Å². The van der Waals surface area contributed by atoms with Crippen molar-refractivity contribution in [3.05, 3.63) is 0 Å². The van der Waals surface area contributed by atoms with Crippen LogP contribution in [0.2, 0.25) is 0 Å². The molecule has 35 heavy (non-hydrogen) atoms. The Morgan fingerprint density at radius 3 is 2.37 bits per heavy atom. The molecule has 0 radical (unpaired) electrons. The van der Waals surface area contributed by atoms with E-state index in [1.165, 1.54) is 38.5 Å². The fourth-order valence-corrected chi connectivity index (χ4v) is 8.23. The monoisotopic (exact) mass is 508 g/mol. The Bertz CT molecular complexity index is 743. The highest BCUT2D eigenvalue weighted by molar-refractivity contribution is 6.20. The molecule has 4 N–H and O–H groups in total. The number of likely N-dealkylation sites (tertiary alicyclic amines) is 1. The van der Waals surface area contributed by atoms with Crippen molar-refractivity contribution in [2.75, 3.05) is 40.3 Å². The van der Waals surface area contributed by atoms with Gasteiger partial charge in [-0.1, -0.05) is 26.7 Å². The molecule has 4 heterocycles. The highest BCUT2D eigenvalue weighted by Gasteiger charge is 2.50. The first-order chi connectivity index (χ1) is 16.8.